The second kappa shape index (κ2) is 8.91. The molecule has 5 rings (SSSR count). The third-order valence-corrected chi connectivity index (χ3v) is 5.67. The number of hydrogen-bond donors (Lipinski definition) is 2. The Morgan fingerprint density at radius 1 is 1.21 bits per heavy atom. The number of aliphatic imine (C=N–C) groups is 1. The highest BCUT2D eigenvalue weighted by Crippen LogP contribution is 2.33. The van der Waals surface area contributed by atoms with Crippen LogP contribution in [0.3, 0.4) is 0 Å². The van der Waals surface area contributed by atoms with E-state index in [1.54, 1.807) is 6.20 Å². The molecule has 0 atom stereocenters. The predicted molar refractivity (Wildman–Crippen MR) is 131 cm³/mol. The van der Waals surface area contributed by atoms with Crippen molar-refractivity contribution in [2.45, 2.75) is 13.5 Å². The van der Waals surface area contributed by atoms with Crippen LogP contribution < -0.4 is 15.0 Å². The van der Waals surface area contributed by atoms with Crippen molar-refractivity contribution in [2.24, 2.45) is 4.99 Å². The van der Waals surface area contributed by atoms with Gasteiger partial charge in [-0.1, -0.05) is 12.1 Å². The van der Waals surface area contributed by atoms with E-state index in [-0.39, 0.29) is 6.61 Å². The van der Waals surface area contributed by atoms with Crippen LogP contribution in [0, 0.1) is 0 Å². The number of likely N-dealkylation sites (N-methyl/N-ethyl adjacent to an activating group) is 1. The Hall–Kier alpha value is -3.91. The minimum Gasteiger partial charge on any atom is -0.492 e. The van der Waals surface area contributed by atoms with Gasteiger partial charge in [-0.05, 0) is 36.2 Å². The molecule has 2 aromatic carbocycles. The van der Waals surface area contributed by atoms with Gasteiger partial charge in [0, 0.05) is 55.7 Å². The average Bonchev–Trinajstić information content (AvgIpc) is 3.48. The molecule has 1 aliphatic heterocycles. The SMILES string of the molecule is CCOc1cc(Nc2nc(-c3ccc4c(c3)CN=C4)cn3ccnc23)ccc1N(C)CCO. The van der Waals surface area contributed by atoms with Crippen molar-refractivity contribution in [1.29, 1.82) is 0 Å². The Labute approximate surface area is 192 Å². The van der Waals surface area contributed by atoms with Gasteiger partial charge in [0.25, 0.3) is 0 Å². The van der Waals surface area contributed by atoms with Gasteiger partial charge >= 0.3 is 0 Å². The van der Waals surface area contributed by atoms with Gasteiger partial charge < -0.3 is 24.5 Å². The summed E-state index contributed by atoms with van der Waals surface area (Å²) in [4.78, 5) is 15.7. The molecule has 168 valence electrons. The number of aliphatic hydroxyl groups is 1. The van der Waals surface area contributed by atoms with Crippen molar-refractivity contribution >= 4 is 29.1 Å². The summed E-state index contributed by atoms with van der Waals surface area (Å²) in [6.45, 7) is 3.81. The second-order valence-electron chi connectivity index (χ2n) is 7.90. The van der Waals surface area contributed by atoms with Crippen molar-refractivity contribution in [3.05, 3.63) is 66.1 Å². The lowest BCUT2D eigenvalue weighted by molar-refractivity contribution is 0.302. The molecule has 0 saturated heterocycles. The third-order valence-electron chi connectivity index (χ3n) is 5.67. The maximum Gasteiger partial charge on any atom is 0.180 e. The van der Waals surface area contributed by atoms with E-state index in [1.165, 1.54) is 5.56 Å². The second-order valence-corrected chi connectivity index (χ2v) is 7.90. The van der Waals surface area contributed by atoms with Gasteiger partial charge in [-0.25, -0.2) is 9.97 Å². The zero-order valence-corrected chi connectivity index (χ0v) is 18.7. The van der Waals surface area contributed by atoms with Crippen LogP contribution in [0.2, 0.25) is 0 Å². The van der Waals surface area contributed by atoms with Crippen LogP contribution in [0.1, 0.15) is 18.1 Å². The Balaban J connectivity index is 1.51. The van der Waals surface area contributed by atoms with Gasteiger partial charge in [0.05, 0.1) is 31.1 Å². The summed E-state index contributed by atoms with van der Waals surface area (Å²) in [6, 6.07) is 12.2. The lowest BCUT2D eigenvalue weighted by Gasteiger charge is -2.22. The highest BCUT2D eigenvalue weighted by molar-refractivity contribution is 5.86. The van der Waals surface area contributed by atoms with Crippen molar-refractivity contribution in [3.63, 3.8) is 0 Å². The summed E-state index contributed by atoms with van der Waals surface area (Å²) in [6.07, 6.45) is 7.58. The molecule has 4 aromatic rings. The molecular weight excluding hydrogens is 416 g/mol. The molecule has 2 N–H and O–H groups in total. The molecule has 0 bridgehead atoms. The van der Waals surface area contributed by atoms with Crippen LogP contribution in [0.5, 0.6) is 5.75 Å². The van der Waals surface area contributed by atoms with E-state index in [1.807, 2.05) is 60.1 Å². The van der Waals surface area contributed by atoms with Crippen molar-refractivity contribution < 1.29 is 9.84 Å². The smallest absolute Gasteiger partial charge is 0.180 e. The monoisotopic (exact) mass is 442 g/mol. The number of imidazole rings is 1. The third kappa shape index (κ3) is 4.12. The van der Waals surface area contributed by atoms with Gasteiger partial charge in [-0.3, -0.25) is 4.99 Å². The molecule has 0 aliphatic carbocycles. The molecule has 33 heavy (non-hydrogen) atoms. The fraction of sp³-hybridized carbons (Fsp3) is 0.240. The Morgan fingerprint density at radius 2 is 2.12 bits per heavy atom. The van der Waals surface area contributed by atoms with Crippen LogP contribution in [-0.4, -0.2) is 52.5 Å². The van der Waals surface area contributed by atoms with E-state index >= 15 is 0 Å². The summed E-state index contributed by atoms with van der Waals surface area (Å²) in [5, 5.41) is 12.7. The first kappa shape index (κ1) is 21.0. The maximum atomic E-state index is 9.30. The van der Waals surface area contributed by atoms with E-state index in [0.29, 0.717) is 25.5 Å². The van der Waals surface area contributed by atoms with E-state index in [0.717, 1.165) is 39.6 Å². The average molecular weight is 443 g/mol. The first-order chi connectivity index (χ1) is 16.2. The van der Waals surface area contributed by atoms with Gasteiger partial charge in [-0.15, -0.1) is 0 Å². The Morgan fingerprint density at radius 3 is 2.97 bits per heavy atom. The van der Waals surface area contributed by atoms with Crippen LogP contribution in [0.4, 0.5) is 17.2 Å². The van der Waals surface area contributed by atoms with E-state index in [9.17, 15) is 5.11 Å². The number of ether oxygens (including phenoxy) is 1. The number of aliphatic hydroxyl groups excluding tert-OH is 1. The molecule has 0 radical (unpaired) electrons. The molecular formula is C25H26N6O2. The lowest BCUT2D eigenvalue weighted by Crippen LogP contribution is -2.21. The number of fused-ring (bicyclic) bond motifs is 2. The molecule has 0 fully saturated rings. The molecule has 1 aliphatic rings. The summed E-state index contributed by atoms with van der Waals surface area (Å²) in [5.74, 6) is 1.40. The first-order valence-electron chi connectivity index (χ1n) is 11.0. The zero-order valence-electron chi connectivity index (χ0n) is 18.7. The van der Waals surface area contributed by atoms with Gasteiger partial charge in [0.1, 0.15) is 5.75 Å². The highest BCUT2D eigenvalue weighted by Gasteiger charge is 2.14. The molecule has 8 heteroatoms. The van der Waals surface area contributed by atoms with Crippen LogP contribution >= 0.6 is 0 Å². The molecule has 2 aromatic heterocycles. The van der Waals surface area contributed by atoms with Crippen molar-refractivity contribution in [1.82, 2.24) is 14.4 Å². The molecule has 0 spiro atoms. The van der Waals surface area contributed by atoms with Crippen molar-refractivity contribution in [3.8, 4) is 17.0 Å². The van der Waals surface area contributed by atoms with Gasteiger partial charge in [-0.2, -0.15) is 0 Å². The number of aromatic nitrogens is 3. The predicted octanol–water partition coefficient (Wildman–Crippen LogP) is 3.90. The molecule has 0 saturated carbocycles. The largest absolute Gasteiger partial charge is 0.492 e. The van der Waals surface area contributed by atoms with E-state index in [2.05, 4.69) is 33.5 Å². The van der Waals surface area contributed by atoms with Crippen LogP contribution in [0.15, 0.2) is 60.0 Å². The summed E-state index contributed by atoms with van der Waals surface area (Å²) in [5.41, 5.74) is 6.76. The Kier molecular flexibility index (Phi) is 5.66. The normalized spacial score (nSPS) is 12.2. The molecule has 8 nitrogen and oxygen atoms in total. The zero-order chi connectivity index (χ0) is 22.8. The van der Waals surface area contributed by atoms with Crippen LogP contribution in [0.25, 0.3) is 16.9 Å². The van der Waals surface area contributed by atoms with Crippen molar-refractivity contribution in [2.75, 3.05) is 37.0 Å². The Bertz CT molecular complexity index is 1330. The molecule has 0 amide bonds. The summed E-state index contributed by atoms with van der Waals surface area (Å²) in [7, 11) is 1.93. The maximum absolute atomic E-state index is 9.30. The number of anilines is 3. The standard InChI is InChI=1S/C25H26N6O2/c1-3-33-23-13-20(6-7-22(23)30(2)10-11-32)28-24-25-27-8-9-31(25)16-21(29-24)17-4-5-18-14-26-15-19(18)12-17/h4-9,12-14,16,32H,3,10-11,15H2,1-2H3,(H,28,29). The first-order valence-corrected chi connectivity index (χ1v) is 11.0. The number of rotatable bonds is 8. The number of hydrogen-bond acceptors (Lipinski definition) is 7. The fourth-order valence-corrected chi connectivity index (χ4v) is 4.01. The van der Waals surface area contributed by atoms with Gasteiger partial charge in [0.2, 0.25) is 0 Å². The van der Waals surface area contributed by atoms with Gasteiger partial charge in [0.15, 0.2) is 11.5 Å². The van der Waals surface area contributed by atoms with E-state index in [4.69, 9.17) is 9.72 Å². The molecule has 0 unspecified atom stereocenters. The number of nitrogens with one attached hydrogen (secondary N) is 1. The quantitative estimate of drug-likeness (QED) is 0.430. The van der Waals surface area contributed by atoms with E-state index < -0.39 is 0 Å². The highest BCUT2D eigenvalue weighted by atomic mass is 16.5. The minimum absolute atomic E-state index is 0.0749. The molecule has 3 heterocycles. The minimum atomic E-state index is 0.0749. The fourth-order valence-electron chi connectivity index (χ4n) is 4.01. The number of nitrogens with zero attached hydrogens (tertiary/aromatic N) is 5. The topological polar surface area (TPSA) is 87.3 Å². The summed E-state index contributed by atoms with van der Waals surface area (Å²) < 4.78 is 7.85. The lowest BCUT2D eigenvalue weighted by atomic mass is 10.0. The van der Waals surface area contributed by atoms with Crippen LogP contribution in [-0.2, 0) is 6.54 Å². The summed E-state index contributed by atoms with van der Waals surface area (Å²) >= 11 is 0. The number of benzene rings is 2.